The number of hydrogen-bond acceptors (Lipinski definition) is 3. The second-order valence-electron chi connectivity index (χ2n) is 3.79. The number of piperidine rings is 1. The quantitative estimate of drug-likeness (QED) is 0.551. The Kier molecular flexibility index (Phi) is 3.46. The number of primary amides is 1. The molecule has 1 aliphatic heterocycles. The van der Waals surface area contributed by atoms with Gasteiger partial charge in [-0.2, -0.15) is 0 Å². The highest BCUT2D eigenvalue weighted by Gasteiger charge is 2.26. The lowest BCUT2D eigenvalue weighted by Gasteiger charge is -2.31. The van der Waals surface area contributed by atoms with Crippen LogP contribution in [0.15, 0.2) is 0 Å². The Morgan fingerprint density at radius 3 is 2.86 bits per heavy atom. The van der Waals surface area contributed by atoms with E-state index in [1.807, 2.05) is 6.92 Å². The van der Waals surface area contributed by atoms with Gasteiger partial charge in [-0.1, -0.05) is 0 Å². The zero-order valence-corrected chi connectivity index (χ0v) is 8.54. The van der Waals surface area contributed by atoms with Crippen molar-refractivity contribution in [3.63, 3.8) is 0 Å². The molecule has 0 radical (unpaired) electrons. The molecule has 1 saturated heterocycles. The van der Waals surface area contributed by atoms with Crippen LogP contribution >= 0.6 is 0 Å². The van der Waals surface area contributed by atoms with Crippen molar-refractivity contribution in [2.75, 3.05) is 0 Å². The van der Waals surface area contributed by atoms with Crippen LogP contribution in [0.25, 0.3) is 0 Å². The van der Waals surface area contributed by atoms with Gasteiger partial charge in [0.2, 0.25) is 11.8 Å². The first-order valence-corrected chi connectivity index (χ1v) is 4.85. The fourth-order valence-electron chi connectivity index (χ4n) is 1.59. The van der Waals surface area contributed by atoms with Crippen LogP contribution in [0.5, 0.6) is 0 Å². The molecule has 14 heavy (non-hydrogen) atoms. The van der Waals surface area contributed by atoms with Gasteiger partial charge in [0.15, 0.2) is 0 Å². The Hall–Kier alpha value is -1.10. The standard InChI is InChI=1S/C9H17N3O2/c1-5-7(3-4-8(13)12-5)11-6(2)9(10)14/h5-7,11H,3-4H2,1-2H3,(H2,10,14)(H,12,13). The van der Waals surface area contributed by atoms with Gasteiger partial charge in [-0.25, -0.2) is 0 Å². The third-order valence-electron chi connectivity index (χ3n) is 2.57. The molecule has 1 fully saturated rings. The van der Waals surface area contributed by atoms with Crippen molar-refractivity contribution in [3.05, 3.63) is 0 Å². The number of carbonyl (C=O) groups is 2. The fraction of sp³-hybridized carbons (Fsp3) is 0.778. The molecule has 3 unspecified atom stereocenters. The average molecular weight is 199 g/mol. The first-order chi connectivity index (χ1) is 6.50. The molecule has 0 spiro atoms. The number of amides is 2. The fourth-order valence-corrected chi connectivity index (χ4v) is 1.59. The largest absolute Gasteiger partial charge is 0.368 e. The third-order valence-corrected chi connectivity index (χ3v) is 2.57. The SMILES string of the molecule is CC(NC1CCC(=O)NC1C)C(N)=O. The van der Waals surface area contributed by atoms with Crippen molar-refractivity contribution < 1.29 is 9.59 Å². The van der Waals surface area contributed by atoms with Gasteiger partial charge in [0.1, 0.15) is 0 Å². The zero-order chi connectivity index (χ0) is 10.7. The minimum atomic E-state index is -0.367. The summed E-state index contributed by atoms with van der Waals surface area (Å²) in [6.45, 7) is 3.65. The van der Waals surface area contributed by atoms with E-state index in [0.29, 0.717) is 6.42 Å². The number of hydrogen-bond donors (Lipinski definition) is 3. The summed E-state index contributed by atoms with van der Waals surface area (Å²) in [6, 6.07) is -0.161. The molecule has 5 nitrogen and oxygen atoms in total. The van der Waals surface area contributed by atoms with E-state index < -0.39 is 0 Å². The van der Waals surface area contributed by atoms with Gasteiger partial charge in [0.25, 0.3) is 0 Å². The summed E-state index contributed by atoms with van der Waals surface area (Å²) in [7, 11) is 0. The van der Waals surface area contributed by atoms with Crippen molar-refractivity contribution in [1.82, 2.24) is 10.6 Å². The van der Waals surface area contributed by atoms with Gasteiger partial charge in [-0.05, 0) is 20.3 Å². The van der Waals surface area contributed by atoms with E-state index in [9.17, 15) is 9.59 Å². The molecule has 1 rings (SSSR count). The van der Waals surface area contributed by atoms with Crippen LogP contribution in [-0.4, -0.2) is 29.9 Å². The van der Waals surface area contributed by atoms with Crippen molar-refractivity contribution in [1.29, 1.82) is 0 Å². The van der Waals surface area contributed by atoms with Gasteiger partial charge in [0, 0.05) is 18.5 Å². The molecule has 2 amide bonds. The number of rotatable bonds is 3. The zero-order valence-electron chi connectivity index (χ0n) is 8.54. The van der Waals surface area contributed by atoms with Crippen LogP contribution < -0.4 is 16.4 Å². The Bertz CT molecular complexity index is 242. The molecule has 3 atom stereocenters. The van der Waals surface area contributed by atoms with Gasteiger partial charge >= 0.3 is 0 Å². The van der Waals surface area contributed by atoms with E-state index in [-0.39, 0.29) is 29.9 Å². The molecule has 0 aliphatic carbocycles. The molecular weight excluding hydrogens is 182 g/mol. The van der Waals surface area contributed by atoms with E-state index in [0.717, 1.165) is 6.42 Å². The van der Waals surface area contributed by atoms with Crippen molar-refractivity contribution in [3.8, 4) is 0 Å². The maximum Gasteiger partial charge on any atom is 0.234 e. The number of nitrogens with one attached hydrogen (secondary N) is 2. The highest BCUT2D eigenvalue weighted by molar-refractivity contribution is 5.79. The molecule has 5 heteroatoms. The molecule has 0 aromatic carbocycles. The van der Waals surface area contributed by atoms with Gasteiger partial charge in [-0.15, -0.1) is 0 Å². The van der Waals surface area contributed by atoms with Crippen LogP contribution in [0.1, 0.15) is 26.7 Å². The molecule has 0 bridgehead atoms. The second kappa shape index (κ2) is 4.41. The van der Waals surface area contributed by atoms with Gasteiger partial charge < -0.3 is 16.4 Å². The van der Waals surface area contributed by atoms with E-state index in [1.54, 1.807) is 6.92 Å². The third kappa shape index (κ3) is 2.70. The second-order valence-corrected chi connectivity index (χ2v) is 3.79. The van der Waals surface area contributed by atoms with Crippen LogP contribution in [-0.2, 0) is 9.59 Å². The van der Waals surface area contributed by atoms with Crippen molar-refractivity contribution >= 4 is 11.8 Å². The Morgan fingerprint density at radius 2 is 2.36 bits per heavy atom. The summed E-state index contributed by atoms with van der Waals surface area (Å²) < 4.78 is 0. The maximum absolute atomic E-state index is 11.0. The minimum Gasteiger partial charge on any atom is -0.368 e. The lowest BCUT2D eigenvalue weighted by molar-refractivity contribution is -0.123. The Balaban J connectivity index is 2.45. The maximum atomic E-state index is 11.0. The summed E-state index contributed by atoms with van der Waals surface area (Å²) in [5.74, 6) is -0.295. The molecule has 4 N–H and O–H groups in total. The summed E-state index contributed by atoms with van der Waals surface area (Å²) in [4.78, 5) is 21.8. The lowest BCUT2D eigenvalue weighted by atomic mass is 9.98. The minimum absolute atomic E-state index is 0.0537. The Labute approximate surface area is 83.4 Å². The van der Waals surface area contributed by atoms with Crippen molar-refractivity contribution in [2.24, 2.45) is 5.73 Å². The summed E-state index contributed by atoms with van der Waals surface area (Å²) in [6.07, 6.45) is 1.26. The van der Waals surface area contributed by atoms with Crippen LogP contribution in [0, 0.1) is 0 Å². The van der Waals surface area contributed by atoms with Gasteiger partial charge in [-0.3, -0.25) is 9.59 Å². The number of carbonyl (C=O) groups excluding carboxylic acids is 2. The highest BCUT2D eigenvalue weighted by atomic mass is 16.2. The molecule has 0 aromatic heterocycles. The predicted octanol–water partition coefficient (Wildman–Crippen LogP) is -0.883. The molecular formula is C9H17N3O2. The highest BCUT2D eigenvalue weighted by Crippen LogP contribution is 2.09. The topological polar surface area (TPSA) is 84.2 Å². The average Bonchev–Trinajstić information content (AvgIpc) is 2.09. The number of nitrogens with two attached hydrogens (primary N) is 1. The van der Waals surface area contributed by atoms with Crippen LogP contribution in [0.2, 0.25) is 0 Å². The normalized spacial score (nSPS) is 29.4. The molecule has 1 heterocycles. The van der Waals surface area contributed by atoms with E-state index in [4.69, 9.17) is 5.73 Å². The van der Waals surface area contributed by atoms with Gasteiger partial charge in [0.05, 0.1) is 6.04 Å². The Morgan fingerprint density at radius 1 is 1.71 bits per heavy atom. The monoisotopic (exact) mass is 199 g/mol. The molecule has 80 valence electrons. The first-order valence-electron chi connectivity index (χ1n) is 4.85. The van der Waals surface area contributed by atoms with E-state index in [2.05, 4.69) is 10.6 Å². The van der Waals surface area contributed by atoms with Crippen LogP contribution in [0.3, 0.4) is 0 Å². The first kappa shape index (κ1) is 11.0. The lowest BCUT2D eigenvalue weighted by Crippen LogP contribution is -2.56. The summed E-state index contributed by atoms with van der Waals surface area (Å²) in [5, 5.41) is 5.92. The van der Waals surface area contributed by atoms with E-state index >= 15 is 0 Å². The molecule has 0 aromatic rings. The van der Waals surface area contributed by atoms with Crippen molar-refractivity contribution in [2.45, 2.75) is 44.8 Å². The predicted molar refractivity (Wildman–Crippen MR) is 52.4 cm³/mol. The summed E-state index contributed by atoms with van der Waals surface area (Å²) >= 11 is 0. The van der Waals surface area contributed by atoms with E-state index in [1.165, 1.54) is 0 Å². The molecule has 0 saturated carbocycles. The molecule has 1 aliphatic rings. The smallest absolute Gasteiger partial charge is 0.234 e. The van der Waals surface area contributed by atoms with Crippen LogP contribution in [0.4, 0.5) is 0 Å². The summed E-state index contributed by atoms with van der Waals surface area (Å²) in [5.41, 5.74) is 5.14.